The van der Waals surface area contributed by atoms with E-state index < -0.39 is 4.92 Å². The van der Waals surface area contributed by atoms with Crippen molar-refractivity contribution in [1.29, 1.82) is 0 Å². The Morgan fingerprint density at radius 3 is 2.46 bits per heavy atom. The van der Waals surface area contributed by atoms with Crippen LogP contribution in [0.3, 0.4) is 0 Å². The first-order valence-corrected chi connectivity index (χ1v) is 8.02. The molecule has 0 atom stereocenters. The van der Waals surface area contributed by atoms with Gasteiger partial charge in [0.15, 0.2) is 6.61 Å². The van der Waals surface area contributed by atoms with Gasteiger partial charge in [-0.15, -0.1) is 0 Å². The lowest BCUT2D eigenvalue weighted by molar-refractivity contribution is -0.385. The second-order valence-corrected chi connectivity index (χ2v) is 6.33. The Morgan fingerprint density at radius 1 is 1.25 bits per heavy atom. The molecule has 1 N–H and O–H groups in total. The van der Waals surface area contributed by atoms with Crippen LogP contribution < -0.4 is 10.1 Å². The number of aryl methyl sites for hydroxylation is 2. The molecule has 7 heteroatoms. The summed E-state index contributed by atoms with van der Waals surface area (Å²) in [6.07, 6.45) is 0. The summed E-state index contributed by atoms with van der Waals surface area (Å²) in [5.41, 5.74) is 2.62. The maximum atomic E-state index is 12.1. The van der Waals surface area contributed by atoms with E-state index in [-0.39, 0.29) is 18.2 Å². The van der Waals surface area contributed by atoms with Gasteiger partial charge in [-0.1, -0.05) is 22.0 Å². The third-order valence-corrected chi connectivity index (χ3v) is 4.01. The standard InChI is InChI=1S/C17H17BrN2O4/c1-10-7-13(18)8-11(2)17(10)24-9-16(21)19-14-5-4-6-15(12(14)3)20(22)23/h4-8H,9H2,1-3H3,(H,19,21). The Balaban J connectivity index is 2.08. The summed E-state index contributed by atoms with van der Waals surface area (Å²) in [6.45, 7) is 5.22. The molecule has 0 aliphatic carbocycles. The molecule has 24 heavy (non-hydrogen) atoms. The third-order valence-electron chi connectivity index (χ3n) is 3.55. The van der Waals surface area contributed by atoms with E-state index in [4.69, 9.17) is 4.74 Å². The highest BCUT2D eigenvalue weighted by Crippen LogP contribution is 2.28. The van der Waals surface area contributed by atoms with Gasteiger partial charge in [-0.25, -0.2) is 0 Å². The topological polar surface area (TPSA) is 81.5 Å². The number of nitro benzene ring substituents is 1. The minimum absolute atomic E-state index is 0.0340. The van der Waals surface area contributed by atoms with Gasteiger partial charge in [-0.05, 0) is 50.1 Å². The van der Waals surface area contributed by atoms with Crippen molar-refractivity contribution >= 4 is 33.2 Å². The van der Waals surface area contributed by atoms with Crippen LogP contribution in [0.4, 0.5) is 11.4 Å². The van der Waals surface area contributed by atoms with Crippen LogP contribution in [0.5, 0.6) is 5.75 Å². The zero-order chi connectivity index (χ0) is 17.9. The first-order chi connectivity index (χ1) is 11.3. The number of rotatable bonds is 5. The number of ether oxygens (including phenoxy) is 1. The molecule has 0 saturated heterocycles. The van der Waals surface area contributed by atoms with E-state index >= 15 is 0 Å². The summed E-state index contributed by atoms with van der Waals surface area (Å²) in [7, 11) is 0. The molecule has 2 aromatic rings. The van der Waals surface area contributed by atoms with Gasteiger partial charge in [0.2, 0.25) is 0 Å². The first-order valence-electron chi connectivity index (χ1n) is 7.23. The van der Waals surface area contributed by atoms with Gasteiger partial charge >= 0.3 is 0 Å². The molecule has 1 amide bonds. The lowest BCUT2D eigenvalue weighted by Gasteiger charge is -2.13. The van der Waals surface area contributed by atoms with Gasteiger partial charge in [0.25, 0.3) is 11.6 Å². The fourth-order valence-electron chi connectivity index (χ4n) is 2.41. The fourth-order valence-corrected chi connectivity index (χ4v) is 3.09. The summed E-state index contributed by atoms with van der Waals surface area (Å²) >= 11 is 3.41. The zero-order valence-corrected chi connectivity index (χ0v) is 15.1. The zero-order valence-electron chi connectivity index (χ0n) is 13.6. The van der Waals surface area contributed by atoms with Crippen LogP contribution in [0.25, 0.3) is 0 Å². The number of nitrogens with one attached hydrogen (secondary N) is 1. The molecule has 126 valence electrons. The molecule has 2 aromatic carbocycles. The summed E-state index contributed by atoms with van der Waals surface area (Å²) in [5.74, 6) is 0.282. The number of hydrogen-bond acceptors (Lipinski definition) is 4. The predicted molar refractivity (Wildman–Crippen MR) is 95.6 cm³/mol. The largest absolute Gasteiger partial charge is 0.483 e. The van der Waals surface area contributed by atoms with E-state index in [0.717, 1.165) is 15.6 Å². The summed E-state index contributed by atoms with van der Waals surface area (Å²) in [5, 5.41) is 13.6. The highest BCUT2D eigenvalue weighted by atomic mass is 79.9. The number of anilines is 1. The summed E-state index contributed by atoms with van der Waals surface area (Å²) in [4.78, 5) is 22.6. The summed E-state index contributed by atoms with van der Waals surface area (Å²) in [6, 6.07) is 8.37. The SMILES string of the molecule is Cc1cc(Br)cc(C)c1OCC(=O)Nc1cccc([N+](=O)[O-])c1C. The monoisotopic (exact) mass is 392 g/mol. The number of halogens is 1. The predicted octanol–water partition coefficient (Wildman–Crippen LogP) is 4.30. The second kappa shape index (κ2) is 7.44. The fraction of sp³-hybridized carbons (Fsp3) is 0.235. The molecular weight excluding hydrogens is 376 g/mol. The average molecular weight is 393 g/mol. The summed E-state index contributed by atoms with van der Waals surface area (Å²) < 4.78 is 6.55. The number of amides is 1. The Morgan fingerprint density at radius 2 is 1.88 bits per heavy atom. The third kappa shape index (κ3) is 4.11. The van der Waals surface area contributed by atoms with E-state index in [1.54, 1.807) is 13.0 Å². The van der Waals surface area contributed by atoms with E-state index in [2.05, 4.69) is 21.2 Å². The van der Waals surface area contributed by atoms with Crippen LogP contribution in [-0.2, 0) is 4.79 Å². The van der Waals surface area contributed by atoms with Crippen LogP contribution in [-0.4, -0.2) is 17.4 Å². The molecule has 0 fully saturated rings. The quantitative estimate of drug-likeness (QED) is 0.607. The number of benzene rings is 2. The van der Waals surface area contributed by atoms with Crippen molar-refractivity contribution in [1.82, 2.24) is 0 Å². The molecule has 2 rings (SSSR count). The van der Waals surface area contributed by atoms with E-state index in [9.17, 15) is 14.9 Å². The Kier molecular flexibility index (Phi) is 5.56. The Labute approximate surface area is 148 Å². The molecule has 0 bridgehead atoms. The van der Waals surface area contributed by atoms with Crippen LogP contribution >= 0.6 is 15.9 Å². The molecule has 0 heterocycles. The first kappa shape index (κ1) is 17.9. The average Bonchev–Trinajstić information content (AvgIpc) is 2.48. The van der Waals surface area contributed by atoms with Crippen molar-refractivity contribution in [3.63, 3.8) is 0 Å². The van der Waals surface area contributed by atoms with Crippen LogP contribution in [0.15, 0.2) is 34.8 Å². The van der Waals surface area contributed by atoms with Gasteiger partial charge in [0.1, 0.15) is 5.75 Å². The van der Waals surface area contributed by atoms with E-state index in [1.807, 2.05) is 26.0 Å². The van der Waals surface area contributed by atoms with E-state index in [1.165, 1.54) is 12.1 Å². The highest BCUT2D eigenvalue weighted by Gasteiger charge is 2.15. The van der Waals surface area contributed by atoms with E-state index in [0.29, 0.717) is 17.0 Å². The van der Waals surface area contributed by atoms with Crippen molar-refractivity contribution in [2.75, 3.05) is 11.9 Å². The molecule has 0 unspecified atom stereocenters. The minimum atomic E-state index is -0.476. The number of carbonyl (C=O) groups excluding carboxylic acids is 1. The number of nitro groups is 1. The number of hydrogen-bond donors (Lipinski definition) is 1. The van der Waals surface area contributed by atoms with Gasteiger partial charge < -0.3 is 10.1 Å². The van der Waals surface area contributed by atoms with Gasteiger partial charge in [-0.3, -0.25) is 14.9 Å². The molecule has 0 aliphatic heterocycles. The molecule has 0 aromatic heterocycles. The molecular formula is C17H17BrN2O4. The van der Waals surface area contributed by atoms with Crippen molar-refractivity contribution in [2.24, 2.45) is 0 Å². The smallest absolute Gasteiger partial charge is 0.274 e. The normalized spacial score (nSPS) is 10.3. The van der Waals surface area contributed by atoms with Crippen LogP contribution in [0, 0.1) is 30.9 Å². The Hall–Kier alpha value is -2.41. The number of nitrogens with zero attached hydrogens (tertiary/aromatic N) is 1. The second-order valence-electron chi connectivity index (χ2n) is 5.41. The molecule has 0 radical (unpaired) electrons. The van der Waals surface area contributed by atoms with Crippen molar-refractivity contribution in [2.45, 2.75) is 20.8 Å². The van der Waals surface area contributed by atoms with Crippen LogP contribution in [0.2, 0.25) is 0 Å². The van der Waals surface area contributed by atoms with Crippen molar-refractivity contribution in [3.8, 4) is 5.75 Å². The Bertz CT molecular complexity index is 782. The van der Waals surface area contributed by atoms with Gasteiger partial charge in [0.05, 0.1) is 16.2 Å². The molecule has 0 aliphatic rings. The molecule has 0 saturated carbocycles. The lowest BCUT2D eigenvalue weighted by atomic mass is 10.1. The minimum Gasteiger partial charge on any atom is -0.483 e. The molecule has 6 nitrogen and oxygen atoms in total. The maximum Gasteiger partial charge on any atom is 0.274 e. The van der Waals surface area contributed by atoms with Crippen molar-refractivity contribution < 1.29 is 14.5 Å². The van der Waals surface area contributed by atoms with Crippen molar-refractivity contribution in [3.05, 3.63) is 61.6 Å². The number of carbonyl (C=O) groups is 1. The van der Waals surface area contributed by atoms with Crippen LogP contribution in [0.1, 0.15) is 16.7 Å². The van der Waals surface area contributed by atoms with Gasteiger partial charge in [0, 0.05) is 10.5 Å². The lowest BCUT2D eigenvalue weighted by Crippen LogP contribution is -2.21. The molecule has 0 spiro atoms. The maximum absolute atomic E-state index is 12.1. The highest BCUT2D eigenvalue weighted by molar-refractivity contribution is 9.10. The van der Waals surface area contributed by atoms with Gasteiger partial charge in [-0.2, -0.15) is 0 Å².